The minimum atomic E-state index is 0.0223. The Balaban J connectivity index is 1.40. The van der Waals surface area contributed by atoms with Crippen molar-refractivity contribution in [2.24, 2.45) is 5.92 Å². The molecule has 0 aliphatic carbocycles. The lowest BCUT2D eigenvalue weighted by Crippen LogP contribution is -2.41. The third-order valence-corrected chi connectivity index (χ3v) is 4.92. The van der Waals surface area contributed by atoms with Crippen molar-refractivity contribution in [2.45, 2.75) is 19.3 Å². The first-order chi connectivity index (χ1) is 13.2. The lowest BCUT2D eigenvalue weighted by atomic mass is 9.96. The molecule has 0 spiro atoms. The Morgan fingerprint density at radius 1 is 1.19 bits per heavy atom. The fourth-order valence-electron chi connectivity index (χ4n) is 3.26. The molecule has 27 heavy (non-hydrogen) atoms. The minimum Gasteiger partial charge on any atom is -0.497 e. The summed E-state index contributed by atoms with van der Waals surface area (Å²) in [4.78, 5) is 30.5. The average Bonchev–Trinajstić information content (AvgIpc) is 2.73. The highest BCUT2D eigenvalue weighted by Crippen LogP contribution is 2.18. The number of rotatable bonds is 6. The van der Waals surface area contributed by atoms with E-state index in [4.69, 9.17) is 4.74 Å². The Hall–Kier alpha value is -2.89. The number of pyridine rings is 1. The second-order valence-electron chi connectivity index (χ2n) is 6.81. The van der Waals surface area contributed by atoms with Crippen LogP contribution in [0.25, 0.3) is 0 Å². The molecule has 142 valence electrons. The highest BCUT2D eigenvalue weighted by atomic mass is 16.5. The molecule has 6 nitrogen and oxygen atoms in total. The molecule has 1 fully saturated rings. The van der Waals surface area contributed by atoms with Gasteiger partial charge in [0.2, 0.25) is 5.91 Å². The maximum Gasteiger partial charge on any atom is 0.255 e. The van der Waals surface area contributed by atoms with Crippen molar-refractivity contribution in [1.29, 1.82) is 0 Å². The number of carbonyl (C=O) groups is 2. The molecule has 1 aromatic carbocycles. The first-order valence-electron chi connectivity index (χ1n) is 9.24. The molecule has 1 aromatic heterocycles. The Labute approximate surface area is 159 Å². The Kier molecular flexibility index (Phi) is 6.41. The highest BCUT2D eigenvalue weighted by molar-refractivity contribution is 5.93. The van der Waals surface area contributed by atoms with Gasteiger partial charge < -0.3 is 15.0 Å². The molecular formula is C21H25N3O3. The van der Waals surface area contributed by atoms with Crippen LogP contribution < -0.4 is 10.1 Å². The van der Waals surface area contributed by atoms with E-state index >= 15 is 0 Å². The summed E-state index contributed by atoms with van der Waals surface area (Å²) in [6.07, 6.45) is 5.43. The van der Waals surface area contributed by atoms with E-state index in [1.807, 2.05) is 29.2 Å². The quantitative estimate of drug-likeness (QED) is 0.850. The predicted molar refractivity (Wildman–Crippen MR) is 103 cm³/mol. The van der Waals surface area contributed by atoms with E-state index in [1.165, 1.54) is 0 Å². The monoisotopic (exact) mass is 367 g/mol. The van der Waals surface area contributed by atoms with Crippen LogP contribution in [0.3, 0.4) is 0 Å². The fraction of sp³-hybridized carbons (Fsp3) is 0.381. The number of nitrogens with zero attached hydrogens (tertiary/aromatic N) is 2. The molecule has 0 radical (unpaired) electrons. The molecule has 0 atom stereocenters. The van der Waals surface area contributed by atoms with E-state index in [1.54, 1.807) is 31.6 Å². The summed E-state index contributed by atoms with van der Waals surface area (Å²) >= 11 is 0. The number of methoxy groups -OCH3 is 1. The number of benzene rings is 1. The topological polar surface area (TPSA) is 71.5 Å². The number of piperidine rings is 1. The standard InChI is InChI=1S/C21H25N3O3/c1-27-19-6-4-16(5-7-19)13-20(25)23-14-17-8-11-24(12-9-17)21(26)18-3-2-10-22-15-18/h2-7,10,15,17H,8-9,11-14H2,1H3,(H,23,25). The van der Waals surface area contributed by atoms with E-state index in [0.717, 1.165) is 24.2 Å². The van der Waals surface area contributed by atoms with Crippen molar-refractivity contribution in [2.75, 3.05) is 26.7 Å². The van der Waals surface area contributed by atoms with Gasteiger partial charge in [0.15, 0.2) is 0 Å². The number of hydrogen-bond donors (Lipinski definition) is 1. The molecule has 2 heterocycles. The largest absolute Gasteiger partial charge is 0.497 e. The number of hydrogen-bond acceptors (Lipinski definition) is 4. The third-order valence-electron chi connectivity index (χ3n) is 4.92. The molecule has 0 unspecified atom stereocenters. The van der Waals surface area contributed by atoms with Crippen LogP contribution in [0.5, 0.6) is 5.75 Å². The molecule has 2 aromatic rings. The second-order valence-corrected chi connectivity index (χ2v) is 6.81. The summed E-state index contributed by atoms with van der Waals surface area (Å²) in [7, 11) is 1.62. The van der Waals surface area contributed by atoms with Crippen LogP contribution >= 0.6 is 0 Å². The highest BCUT2D eigenvalue weighted by Gasteiger charge is 2.24. The Bertz CT molecular complexity index is 754. The molecule has 0 saturated carbocycles. The maximum absolute atomic E-state index is 12.4. The van der Waals surface area contributed by atoms with Crippen LogP contribution in [0.1, 0.15) is 28.8 Å². The Morgan fingerprint density at radius 2 is 1.93 bits per heavy atom. The molecular weight excluding hydrogens is 342 g/mol. The zero-order chi connectivity index (χ0) is 19.1. The molecule has 1 aliphatic heterocycles. The van der Waals surface area contributed by atoms with E-state index in [0.29, 0.717) is 37.5 Å². The average molecular weight is 367 g/mol. The number of ether oxygens (including phenoxy) is 1. The fourth-order valence-corrected chi connectivity index (χ4v) is 3.26. The SMILES string of the molecule is COc1ccc(CC(=O)NCC2CCN(C(=O)c3cccnc3)CC2)cc1. The van der Waals surface area contributed by atoms with Crippen LogP contribution in [0.2, 0.25) is 0 Å². The molecule has 6 heteroatoms. The van der Waals surface area contributed by atoms with Crippen LogP contribution in [0, 0.1) is 5.92 Å². The van der Waals surface area contributed by atoms with Gasteiger partial charge in [0.25, 0.3) is 5.91 Å². The van der Waals surface area contributed by atoms with Gasteiger partial charge in [-0.05, 0) is 48.6 Å². The maximum atomic E-state index is 12.4. The first kappa shape index (κ1) is 18.9. The summed E-state index contributed by atoms with van der Waals surface area (Å²) in [6.45, 7) is 2.09. The summed E-state index contributed by atoms with van der Waals surface area (Å²) in [5, 5.41) is 3.02. The molecule has 3 rings (SSSR count). The molecule has 1 N–H and O–H groups in total. The smallest absolute Gasteiger partial charge is 0.255 e. The van der Waals surface area contributed by atoms with Gasteiger partial charge in [0.05, 0.1) is 19.1 Å². The van der Waals surface area contributed by atoms with Gasteiger partial charge in [-0.15, -0.1) is 0 Å². The lowest BCUT2D eigenvalue weighted by molar-refractivity contribution is -0.120. The second kappa shape index (κ2) is 9.16. The summed E-state index contributed by atoms with van der Waals surface area (Å²) < 4.78 is 5.12. The summed E-state index contributed by atoms with van der Waals surface area (Å²) in [6, 6.07) is 11.1. The minimum absolute atomic E-state index is 0.0223. The number of amides is 2. The van der Waals surface area contributed by atoms with Crippen molar-refractivity contribution in [3.63, 3.8) is 0 Å². The zero-order valence-electron chi connectivity index (χ0n) is 15.6. The number of carbonyl (C=O) groups excluding carboxylic acids is 2. The number of aromatic nitrogens is 1. The predicted octanol–water partition coefficient (Wildman–Crippen LogP) is 2.30. The number of likely N-dealkylation sites (tertiary alicyclic amines) is 1. The molecule has 0 bridgehead atoms. The third kappa shape index (κ3) is 5.29. The van der Waals surface area contributed by atoms with Crippen LogP contribution in [0.15, 0.2) is 48.8 Å². The first-order valence-corrected chi connectivity index (χ1v) is 9.24. The zero-order valence-corrected chi connectivity index (χ0v) is 15.6. The van der Waals surface area contributed by atoms with Gasteiger partial charge in [0, 0.05) is 32.0 Å². The van der Waals surface area contributed by atoms with Crippen molar-refractivity contribution in [3.05, 3.63) is 59.9 Å². The molecule has 1 aliphatic rings. The Morgan fingerprint density at radius 3 is 2.56 bits per heavy atom. The van der Waals surface area contributed by atoms with E-state index < -0.39 is 0 Å². The van der Waals surface area contributed by atoms with Crippen LogP contribution in [0.4, 0.5) is 0 Å². The van der Waals surface area contributed by atoms with E-state index in [-0.39, 0.29) is 11.8 Å². The van der Waals surface area contributed by atoms with E-state index in [2.05, 4.69) is 10.3 Å². The summed E-state index contributed by atoms with van der Waals surface area (Å²) in [5.74, 6) is 1.24. The summed E-state index contributed by atoms with van der Waals surface area (Å²) in [5.41, 5.74) is 1.59. The lowest BCUT2D eigenvalue weighted by Gasteiger charge is -2.32. The van der Waals surface area contributed by atoms with Crippen molar-refractivity contribution in [3.8, 4) is 5.75 Å². The molecule has 2 amide bonds. The van der Waals surface area contributed by atoms with Gasteiger partial charge >= 0.3 is 0 Å². The van der Waals surface area contributed by atoms with Gasteiger partial charge in [0.1, 0.15) is 5.75 Å². The van der Waals surface area contributed by atoms with Gasteiger partial charge in [-0.3, -0.25) is 14.6 Å². The van der Waals surface area contributed by atoms with Gasteiger partial charge in [-0.2, -0.15) is 0 Å². The van der Waals surface area contributed by atoms with Crippen LogP contribution in [-0.2, 0) is 11.2 Å². The van der Waals surface area contributed by atoms with Gasteiger partial charge in [-0.1, -0.05) is 12.1 Å². The molecule has 1 saturated heterocycles. The van der Waals surface area contributed by atoms with Crippen molar-refractivity contribution in [1.82, 2.24) is 15.2 Å². The normalized spacial score (nSPS) is 14.6. The number of nitrogens with one attached hydrogen (secondary N) is 1. The van der Waals surface area contributed by atoms with Crippen LogP contribution in [-0.4, -0.2) is 48.4 Å². The van der Waals surface area contributed by atoms with Crippen molar-refractivity contribution >= 4 is 11.8 Å². The van der Waals surface area contributed by atoms with Crippen molar-refractivity contribution < 1.29 is 14.3 Å². The van der Waals surface area contributed by atoms with Gasteiger partial charge in [-0.25, -0.2) is 0 Å². The van der Waals surface area contributed by atoms with E-state index in [9.17, 15) is 9.59 Å².